The molecule has 2 rings (SSSR count). The van der Waals surface area contributed by atoms with Crippen LogP contribution in [0.2, 0.25) is 0 Å². The van der Waals surface area contributed by atoms with Gasteiger partial charge in [0.15, 0.2) is 0 Å². The number of carbonyl (C=O) groups excluding carboxylic acids is 2. The van der Waals surface area contributed by atoms with Crippen molar-refractivity contribution in [2.45, 2.75) is 115 Å². The first-order valence-corrected chi connectivity index (χ1v) is 10.4. The van der Waals surface area contributed by atoms with E-state index in [4.69, 9.17) is 0 Å². The second-order valence-corrected chi connectivity index (χ2v) is 11.3. The van der Waals surface area contributed by atoms with Crippen molar-refractivity contribution in [3.05, 3.63) is 0 Å². The van der Waals surface area contributed by atoms with Crippen molar-refractivity contribution in [1.29, 1.82) is 0 Å². The Morgan fingerprint density at radius 1 is 0.655 bits per heavy atom. The van der Waals surface area contributed by atoms with Crippen molar-refractivity contribution in [3.8, 4) is 0 Å². The number of amides is 2. The van der Waals surface area contributed by atoms with E-state index in [1.54, 1.807) is 9.80 Å². The molecule has 2 aliphatic heterocycles. The molecular formula is C21H38N4O4. The van der Waals surface area contributed by atoms with E-state index >= 15 is 0 Å². The Balaban J connectivity index is 2.20. The van der Waals surface area contributed by atoms with Gasteiger partial charge in [0.05, 0.1) is 6.67 Å². The van der Waals surface area contributed by atoms with Crippen molar-refractivity contribution in [1.82, 2.24) is 19.9 Å². The van der Waals surface area contributed by atoms with Crippen molar-refractivity contribution in [2.24, 2.45) is 0 Å². The molecule has 0 aromatic carbocycles. The molecule has 2 radical (unpaired) electrons. The summed E-state index contributed by atoms with van der Waals surface area (Å²) in [6.45, 7) is 15.3. The Morgan fingerprint density at radius 2 is 0.897 bits per heavy atom. The van der Waals surface area contributed by atoms with E-state index in [9.17, 15) is 20.0 Å². The van der Waals surface area contributed by atoms with Gasteiger partial charge in [0.1, 0.15) is 0 Å². The van der Waals surface area contributed by atoms with Gasteiger partial charge in [-0.25, -0.2) is 0 Å². The predicted octanol–water partition coefficient (Wildman–Crippen LogP) is 2.59. The number of nitrogens with zero attached hydrogens (tertiary/aromatic N) is 4. The largest absolute Gasteiger partial charge is 0.324 e. The number of piperidine rings is 2. The van der Waals surface area contributed by atoms with E-state index in [1.807, 2.05) is 55.4 Å². The molecule has 2 saturated heterocycles. The van der Waals surface area contributed by atoms with E-state index in [-0.39, 0.29) is 18.8 Å². The number of hydroxylamine groups is 4. The molecule has 0 spiro atoms. The van der Waals surface area contributed by atoms with Gasteiger partial charge in [-0.3, -0.25) is 9.59 Å². The lowest BCUT2D eigenvalue weighted by atomic mass is 9.78. The normalized spacial score (nSPS) is 27.4. The molecule has 0 saturated carbocycles. The van der Waals surface area contributed by atoms with Crippen molar-refractivity contribution in [2.75, 3.05) is 6.67 Å². The van der Waals surface area contributed by atoms with Crippen LogP contribution < -0.4 is 0 Å². The number of carbonyl (C=O) groups is 2. The molecule has 2 amide bonds. The zero-order valence-corrected chi connectivity index (χ0v) is 19.3. The molecule has 0 aromatic heterocycles. The maximum absolute atomic E-state index is 12.6. The van der Waals surface area contributed by atoms with Crippen LogP contribution in [0.4, 0.5) is 0 Å². The summed E-state index contributed by atoms with van der Waals surface area (Å²) >= 11 is 0. The van der Waals surface area contributed by atoms with Crippen LogP contribution in [-0.4, -0.2) is 73.7 Å². The molecule has 2 heterocycles. The van der Waals surface area contributed by atoms with E-state index in [0.29, 0.717) is 25.7 Å². The van der Waals surface area contributed by atoms with Gasteiger partial charge < -0.3 is 9.80 Å². The monoisotopic (exact) mass is 410 g/mol. The fourth-order valence-electron chi connectivity index (χ4n) is 5.55. The fourth-order valence-corrected chi connectivity index (χ4v) is 5.55. The molecule has 0 bridgehead atoms. The van der Waals surface area contributed by atoms with Crippen molar-refractivity contribution in [3.63, 3.8) is 0 Å². The highest BCUT2D eigenvalue weighted by molar-refractivity contribution is 5.52. The lowest BCUT2D eigenvalue weighted by Gasteiger charge is -2.54. The Hall–Kier alpha value is -1.22. The average Bonchev–Trinajstić information content (AvgIpc) is 2.57. The maximum Gasteiger partial charge on any atom is 0.211 e. The third kappa shape index (κ3) is 4.76. The third-order valence-corrected chi connectivity index (χ3v) is 6.68. The summed E-state index contributed by atoms with van der Waals surface area (Å²) in [5.41, 5.74) is -2.40. The fraction of sp³-hybridized carbons (Fsp3) is 0.905. The molecule has 29 heavy (non-hydrogen) atoms. The van der Waals surface area contributed by atoms with Crippen LogP contribution in [0, 0.1) is 0 Å². The van der Waals surface area contributed by atoms with Gasteiger partial charge >= 0.3 is 0 Å². The van der Waals surface area contributed by atoms with Crippen LogP contribution in [0.25, 0.3) is 0 Å². The summed E-state index contributed by atoms with van der Waals surface area (Å²) < 4.78 is 0. The van der Waals surface area contributed by atoms with E-state index < -0.39 is 22.2 Å². The van der Waals surface area contributed by atoms with Crippen LogP contribution >= 0.6 is 0 Å². The first-order valence-electron chi connectivity index (χ1n) is 10.4. The molecule has 166 valence electrons. The molecule has 0 unspecified atom stereocenters. The van der Waals surface area contributed by atoms with Gasteiger partial charge in [0, 0.05) is 34.2 Å². The smallest absolute Gasteiger partial charge is 0.211 e. The molecule has 0 aliphatic carbocycles. The van der Waals surface area contributed by atoms with Crippen molar-refractivity contribution < 1.29 is 20.0 Å². The molecule has 8 nitrogen and oxygen atoms in total. The first kappa shape index (κ1) is 24.1. The molecule has 2 aliphatic rings. The number of rotatable bonds is 6. The summed E-state index contributed by atoms with van der Waals surface area (Å²) in [5.74, 6) is 0. The van der Waals surface area contributed by atoms with Crippen LogP contribution in [-0.2, 0) is 20.0 Å². The average molecular weight is 411 g/mol. The maximum atomic E-state index is 12.6. The second kappa shape index (κ2) is 7.80. The molecule has 0 atom stereocenters. The summed E-state index contributed by atoms with van der Waals surface area (Å²) in [4.78, 5) is 27.3. The highest BCUT2D eigenvalue weighted by atomic mass is 16.5. The highest BCUT2D eigenvalue weighted by Gasteiger charge is 2.50. The minimum absolute atomic E-state index is 0.134. The van der Waals surface area contributed by atoms with Gasteiger partial charge in [0.25, 0.3) is 0 Å². The first-order chi connectivity index (χ1) is 13.1. The SMILES string of the molecule is CC1(C)CC(N(C=O)CN(C=O)C2CC(C)(C)N([O])C(C)(C)C2)CC(C)(C)N1[O]. The summed E-state index contributed by atoms with van der Waals surface area (Å²) in [6.07, 6.45) is 3.74. The number of hydrogen-bond acceptors (Lipinski definition) is 4. The minimum Gasteiger partial charge on any atom is -0.324 e. The van der Waals surface area contributed by atoms with Crippen LogP contribution in [0.15, 0.2) is 0 Å². The van der Waals surface area contributed by atoms with Gasteiger partial charge in [-0.2, -0.15) is 0 Å². The quantitative estimate of drug-likeness (QED) is 0.497. The van der Waals surface area contributed by atoms with Gasteiger partial charge in [-0.1, -0.05) is 0 Å². The highest BCUT2D eigenvalue weighted by Crippen LogP contribution is 2.40. The Labute approximate surface area is 175 Å². The van der Waals surface area contributed by atoms with E-state index in [0.717, 1.165) is 22.9 Å². The molecule has 0 N–H and O–H groups in total. The minimum atomic E-state index is -0.600. The summed E-state index contributed by atoms with van der Waals surface area (Å²) in [6, 6.07) is -0.267. The third-order valence-electron chi connectivity index (χ3n) is 6.68. The molecule has 8 heteroatoms. The summed E-state index contributed by atoms with van der Waals surface area (Å²) in [5, 5.41) is 27.5. The Kier molecular flexibility index (Phi) is 6.47. The van der Waals surface area contributed by atoms with Crippen LogP contribution in [0.5, 0.6) is 0 Å². The topological polar surface area (TPSA) is 86.9 Å². The standard InChI is InChI=1S/C21H38N4O4/c1-18(2)9-16(10-19(3,4)24(18)28)22(14-26)13-23(15-27)17-11-20(5,6)25(29)21(7,8)12-17/h14-17H,9-13H2,1-8H3. The molecule has 0 aromatic rings. The van der Waals surface area contributed by atoms with Gasteiger partial charge in [0.2, 0.25) is 12.8 Å². The number of hydrogen-bond donors (Lipinski definition) is 0. The van der Waals surface area contributed by atoms with Gasteiger partial charge in [-0.15, -0.1) is 20.5 Å². The molecular weight excluding hydrogens is 372 g/mol. The van der Waals surface area contributed by atoms with Gasteiger partial charge in [-0.05, 0) is 81.1 Å². The lowest BCUT2D eigenvalue weighted by molar-refractivity contribution is -0.296. The molecule has 2 fully saturated rings. The zero-order chi connectivity index (χ0) is 22.4. The van der Waals surface area contributed by atoms with E-state index in [1.165, 1.54) is 0 Å². The Morgan fingerprint density at radius 3 is 1.10 bits per heavy atom. The second-order valence-electron chi connectivity index (χ2n) is 11.3. The van der Waals surface area contributed by atoms with Crippen LogP contribution in [0.3, 0.4) is 0 Å². The van der Waals surface area contributed by atoms with Crippen LogP contribution in [0.1, 0.15) is 81.1 Å². The Bertz CT molecular complexity index is 532. The van der Waals surface area contributed by atoms with E-state index in [2.05, 4.69) is 0 Å². The zero-order valence-electron chi connectivity index (χ0n) is 19.3. The predicted molar refractivity (Wildman–Crippen MR) is 108 cm³/mol. The summed E-state index contributed by atoms with van der Waals surface area (Å²) in [7, 11) is 0. The lowest BCUT2D eigenvalue weighted by Crippen LogP contribution is -2.65. The van der Waals surface area contributed by atoms with Crippen molar-refractivity contribution >= 4 is 12.8 Å².